The summed E-state index contributed by atoms with van der Waals surface area (Å²) in [7, 11) is 1.34. The fourth-order valence-electron chi connectivity index (χ4n) is 4.12. The lowest BCUT2D eigenvalue weighted by Gasteiger charge is -2.25. The number of aliphatic imine (C=N–C) groups is 1. The number of nitrogens with zero attached hydrogens (tertiary/aromatic N) is 1. The van der Waals surface area contributed by atoms with Crippen molar-refractivity contribution in [3.8, 4) is 0 Å². The zero-order chi connectivity index (χ0) is 22.2. The molecule has 162 valence electrons. The Morgan fingerprint density at radius 1 is 0.903 bits per heavy atom. The summed E-state index contributed by atoms with van der Waals surface area (Å²) in [6, 6.07) is 19.5. The van der Waals surface area contributed by atoms with Crippen molar-refractivity contribution in [1.29, 1.82) is 0 Å². The zero-order valence-corrected chi connectivity index (χ0v) is 18.5. The van der Waals surface area contributed by atoms with Gasteiger partial charge in [-0.15, -0.1) is 0 Å². The number of nitrogens with one attached hydrogen (secondary N) is 1. The van der Waals surface area contributed by atoms with Gasteiger partial charge in [0, 0.05) is 0 Å². The molecule has 4 rings (SSSR count). The van der Waals surface area contributed by atoms with Gasteiger partial charge in [-0.1, -0.05) is 60.7 Å². The fraction of sp³-hybridized carbons (Fsp3) is 0.360. The normalized spacial score (nSPS) is 25.0. The minimum atomic E-state index is -0.635. The minimum Gasteiger partial charge on any atom is -0.470 e. The van der Waals surface area contributed by atoms with E-state index < -0.39 is 17.2 Å². The first-order chi connectivity index (χ1) is 14.7. The molecule has 2 aromatic rings. The maximum Gasteiger partial charge on any atom is 0.348 e. The molecular formula is C25H28N2O4. The summed E-state index contributed by atoms with van der Waals surface area (Å²) in [4.78, 5) is 17.6. The van der Waals surface area contributed by atoms with Gasteiger partial charge in [-0.05, 0) is 38.8 Å². The Balaban J connectivity index is 1.77. The molecule has 31 heavy (non-hydrogen) atoms. The number of hydrogen-bond donors (Lipinski definition) is 1. The lowest BCUT2D eigenvalue weighted by atomic mass is 9.93. The van der Waals surface area contributed by atoms with Gasteiger partial charge in [-0.3, -0.25) is 0 Å². The van der Waals surface area contributed by atoms with Crippen LogP contribution in [0.2, 0.25) is 0 Å². The monoisotopic (exact) mass is 420 g/mol. The third-order valence-electron chi connectivity index (χ3n) is 5.68. The molecule has 6 nitrogen and oxygen atoms in total. The van der Waals surface area contributed by atoms with Crippen LogP contribution in [-0.2, 0) is 19.0 Å². The van der Waals surface area contributed by atoms with E-state index >= 15 is 0 Å². The van der Waals surface area contributed by atoms with E-state index in [4.69, 9.17) is 19.2 Å². The molecule has 0 amide bonds. The van der Waals surface area contributed by atoms with Crippen molar-refractivity contribution < 1.29 is 19.0 Å². The van der Waals surface area contributed by atoms with E-state index in [1.807, 2.05) is 88.4 Å². The molecule has 1 fully saturated rings. The van der Waals surface area contributed by atoms with Gasteiger partial charge >= 0.3 is 5.97 Å². The van der Waals surface area contributed by atoms with E-state index in [1.54, 1.807) is 0 Å². The topological polar surface area (TPSA) is 69.2 Å². The smallest absolute Gasteiger partial charge is 0.348 e. The van der Waals surface area contributed by atoms with Crippen molar-refractivity contribution in [2.45, 2.75) is 51.0 Å². The van der Waals surface area contributed by atoms with Gasteiger partial charge in [0.05, 0.1) is 13.2 Å². The van der Waals surface area contributed by atoms with E-state index in [0.29, 0.717) is 5.88 Å². The van der Waals surface area contributed by atoms with Crippen LogP contribution in [0.4, 0.5) is 0 Å². The quantitative estimate of drug-likeness (QED) is 0.584. The number of rotatable bonds is 4. The first-order valence-electron chi connectivity index (χ1n) is 10.4. The summed E-state index contributed by atoms with van der Waals surface area (Å²) in [5.41, 5.74) is 1.01. The largest absolute Gasteiger partial charge is 0.470 e. The molecule has 0 bridgehead atoms. The van der Waals surface area contributed by atoms with Gasteiger partial charge < -0.3 is 19.5 Å². The van der Waals surface area contributed by atoms with Crippen molar-refractivity contribution in [3.05, 3.63) is 83.2 Å². The van der Waals surface area contributed by atoms with Crippen molar-refractivity contribution in [3.63, 3.8) is 0 Å². The molecule has 0 aliphatic carbocycles. The second-order valence-corrected chi connectivity index (χ2v) is 8.84. The van der Waals surface area contributed by atoms with Crippen LogP contribution < -0.4 is 5.32 Å². The molecule has 2 atom stereocenters. The van der Waals surface area contributed by atoms with Crippen molar-refractivity contribution >= 4 is 11.9 Å². The molecule has 1 N–H and O–H groups in total. The molecule has 2 heterocycles. The second-order valence-electron chi connectivity index (χ2n) is 8.84. The van der Waals surface area contributed by atoms with Gasteiger partial charge in [0.25, 0.3) is 0 Å². The number of carbonyl (C=O) groups excluding carboxylic acids is 1. The lowest BCUT2D eigenvalue weighted by molar-refractivity contribution is -0.136. The Hall–Kier alpha value is -3.28. The average Bonchev–Trinajstić information content (AvgIpc) is 3.24. The molecule has 0 spiro atoms. The summed E-state index contributed by atoms with van der Waals surface area (Å²) >= 11 is 0. The maximum atomic E-state index is 12.8. The third-order valence-corrected chi connectivity index (χ3v) is 5.68. The second kappa shape index (κ2) is 7.76. The van der Waals surface area contributed by atoms with Crippen LogP contribution >= 0.6 is 0 Å². The Morgan fingerprint density at radius 2 is 1.48 bits per heavy atom. The third kappa shape index (κ3) is 3.90. The van der Waals surface area contributed by atoms with Crippen LogP contribution in [0.3, 0.4) is 0 Å². The van der Waals surface area contributed by atoms with Crippen LogP contribution in [0, 0.1) is 0 Å². The van der Waals surface area contributed by atoms with Crippen molar-refractivity contribution in [2.75, 3.05) is 7.11 Å². The van der Waals surface area contributed by atoms with Crippen LogP contribution in [0.5, 0.6) is 0 Å². The summed E-state index contributed by atoms with van der Waals surface area (Å²) in [5, 5.41) is 3.37. The molecule has 6 heteroatoms. The number of benzene rings is 2. The standard InChI is InChI=1S/C25H28N2O4/c1-24(2)19(16-12-8-6-9-13-16)26-21(30-24)18(23(28)29-5)22-27-20(25(3,4)31-22)17-14-10-7-11-15-17/h6-15,19-20,26H,1-5H3/b21-18+/t19-,20-/m0/s1. The van der Waals surface area contributed by atoms with E-state index in [2.05, 4.69) is 5.32 Å². The Morgan fingerprint density at radius 3 is 2.06 bits per heavy atom. The lowest BCUT2D eigenvalue weighted by Crippen LogP contribution is -2.30. The highest BCUT2D eigenvalue weighted by Crippen LogP contribution is 2.42. The number of hydrogen-bond acceptors (Lipinski definition) is 6. The average molecular weight is 421 g/mol. The van der Waals surface area contributed by atoms with Crippen LogP contribution in [-0.4, -0.2) is 30.2 Å². The molecule has 1 saturated heterocycles. The Kier molecular flexibility index (Phi) is 5.25. The van der Waals surface area contributed by atoms with E-state index in [-0.39, 0.29) is 23.6 Å². The van der Waals surface area contributed by atoms with Gasteiger partial charge in [-0.25, -0.2) is 9.79 Å². The molecule has 2 aromatic carbocycles. The van der Waals surface area contributed by atoms with Gasteiger partial charge in [0.1, 0.15) is 17.2 Å². The van der Waals surface area contributed by atoms with Gasteiger partial charge in [0.2, 0.25) is 11.8 Å². The fourth-order valence-corrected chi connectivity index (χ4v) is 4.12. The molecule has 2 aliphatic heterocycles. The van der Waals surface area contributed by atoms with Crippen LogP contribution in [0.1, 0.15) is 50.9 Å². The predicted octanol–water partition coefficient (Wildman–Crippen LogP) is 4.46. The summed E-state index contributed by atoms with van der Waals surface area (Å²) in [6.45, 7) is 7.88. The zero-order valence-electron chi connectivity index (χ0n) is 18.5. The number of methoxy groups -OCH3 is 1. The molecular weight excluding hydrogens is 392 g/mol. The van der Waals surface area contributed by atoms with Crippen molar-refractivity contribution in [2.24, 2.45) is 4.99 Å². The number of esters is 1. The van der Waals surface area contributed by atoms with Gasteiger partial charge in [0.15, 0.2) is 5.57 Å². The van der Waals surface area contributed by atoms with E-state index in [1.165, 1.54) is 7.11 Å². The maximum absolute atomic E-state index is 12.8. The summed E-state index contributed by atoms with van der Waals surface area (Å²) in [6.07, 6.45) is 0. The number of carbonyl (C=O) groups is 1. The summed E-state index contributed by atoms with van der Waals surface area (Å²) in [5.74, 6) is -0.0260. The first-order valence-corrected chi connectivity index (χ1v) is 10.4. The van der Waals surface area contributed by atoms with Gasteiger partial charge in [-0.2, -0.15) is 0 Å². The Bertz CT molecular complexity index is 1030. The molecule has 0 aromatic heterocycles. The highest BCUT2D eigenvalue weighted by atomic mass is 16.6. The molecule has 0 unspecified atom stereocenters. The van der Waals surface area contributed by atoms with Crippen LogP contribution in [0.15, 0.2) is 77.1 Å². The highest BCUT2D eigenvalue weighted by Gasteiger charge is 2.47. The van der Waals surface area contributed by atoms with Crippen molar-refractivity contribution in [1.82, 2.24) is 5.32 Å². The van der Waals surface area contributed by atoms with E-state index in [0.717, 1.165) is 11.1 Å². The highest BCUT2D eigenvalue weighted by molar-refractivity contribution is 6.17. The molecule has 0 radical (unpaired) electrons. The molecule has 2 aliphatic rings. The SMILES string of the molecule is COC(=O)/C(C1=N[C@@H](c2ccccc2)C(C)(C)O1)=C1\N[C@@H](c2ccccc2)C(C)(C)O1. The van der Waals surface area contributed by atoms with E-state index in [9.17, 15) is 4.79 Å². The predicted molar refractivity (Wildman–Crippen MR) is 118 cm³/mol. The molecule has 0 saturated carbocycles. The first kappa shape index (κ1) is 21.0. The van der Waals surface area contributed by atoms with Crippen LogP contribution in [0.25, 0.3) is 0 Å². The Labute approximate surface area is 182 Å². The summed E-state index contributed by atoms with van der Waals surface area (Å²) < 4.78 is 17.5. The minimum absolute atomic E-state index is 0.150. The number of ether oxygens (including phenoxy) is 3.